The molecule has 3 rings (SSSR count). The number of carbonyl (C=O) groups is 1. The van der Waals surface area contributed by atoms with Crippen LogP contribution in [0.1, 0.15) is 24.0 Å². The van der Waals surface area contributed by atoms with Crippen LogP contribution >= 0.6 is 0 Å². The van der Waals surface area contributed by atoms with Crippen LogP contribution < -0.4 is 5.73 Å². The van der Waals surface area contributed by atoms with E-state index in [0.717, 1.165) is 6.07 Å². The second kappa shape index (κ2) is 7.54. The third kappa shape index (κ3) is 4.36. The molecule has 0 spiro atoms. The van der Waals surface area contributed by atoms with Crippen LogP contribution in [-0.2, 0) is 22.3 Å². The van der Waals surface area contributed by atoms with Gasteiger partial charge in [-0.25, -0.2) is 0 Å². The lowest BCUT2D eigenvalue weighted by Gasteiger charge is -2.41. The summed E-state index contributed by atoms with van der Waals surface area (Å²) in [6, 6.07) is 5.40. The predicted molar refractivity (Wildman–Crippen MR) is 90.3 cm³/mol. The molecule has 26 heavy (non-hydrogen) atoms. The van der Waals surface area contributed by atoms with Gasteiger partial charge in [-0.15, -0.1) is 0 Å². The Balaban J connectivity index is 1.55. The van der Waals surface area contributed by atoms with Crippen LogP contribution in [0.4, 0.5) is 13.2 Å². The van der Waals surface area contributed by atoms with Crippen molar-refractivity contribution in [3.8, 4) is 0 Å². The van der Waals surface area contributed by atoms with Crippen LogP contribution in [0.25, 0.3) is 0 Å². The van der Waals surface area contributed by atoms with E-state index in [4.69, 9.17) is 10.5 Å². The maximum Gasteiger partial charge on any atom is 0.416 e. The smallest absolute Gasteiger partial charge is 0.381 e. The fourth-order valence-electron chi connectivity index (χ4n) is 3.48. The lowest BCUT2D eigenvalue weighted by atomic mass is 9.89. The molecule has 2 N–H and O–H groups in total. The van der Waals surface area contributed by atoms with Gasteiger partial charge < -0.3 is 15.4 Å². The van der Waals surface area contributed by atoms with Crippen molar-refractivity contribution < 1.29 is 22.7 Å². The fraction of sp³-hybridized carbons (Fsp3) is 0.611. The Kier molecular flexibility index (Phi) is 5.55. The summed E-state index contributed by atoms with van der Waals surface area (Å²) < 4.78 is 43.7. The standard InChI is InChI=1S/C18H24F3N3O2/c19-18(20,21)15-3-1-2-14(12-15)13-23-6-8-24(9-7-23)16(25)17(22)4-10-26-11-5-17/h1-3,12H,4-11,13,22H2. The van der Waals surface area contributed by atoms with Gasteiger partial charge in [-0.2, -0.15) is 13.2 Å². The average Bonchev–Trinajstić information content (AvgIpc) is 2.62. The molecule has 2 saturated heterocycles. The first-order valence-corrected chi connectivity index (χ1v) is 8.82. The molecule has 0 atom stereocenters. The quantitative estimate of drug-likeness (QED) is 0.881. The molecular formula is C18H24F3N3O2. The number of halogens is 3. The number of rotatable bonds is 3. The number of ether oxygens (including phenoxy) is 1. The van der Waals surface area contributed by atoms with E-state index in [1.165, 1.54) is 12.1 Å². The summed E-state index contributed by atoms with van der Waals surface area (Å²) >= 11 is 0. The summed E-state index contributed by atoms with van der Waals surface area (Å²) in [6.07, 6.45) is -3.28. The molecule has 2 aliphatic heterocycles. The molecule has 8 heteroatoms. The number of hydrogen-bond acceptors (Lipinski definition) is 4. The van der Waals surface area contributed by atoms with E-state index >= 15 is 0 Å². The molecule has 5 nitrogen and oxygen atoms in total. The first kappa shape index (κ1) is 19.1. The van der Waals surface area contributed by atoms with Gasteiger partial charge in [0, 0.05) is 45.9 Å². The highest BCUT2D eigenvalue weighted by atomic mass is 19.4. The molecule has 0 aromatic heterocycles. The molecule has 0 radical (unpaired) electrons. The second-order valence-corrected chi connectivity index (χ2v) is 7.03. The van der Waals surface area contributed by atoms with Gasteiger partial charge in [-0.05, 0) is 24.5 Å². The van der Waals surface area contributed by atoms with Gasteiger partial charge in [-0.3, -0.25) is 9.69 Å². The van der Waals surface area contributed by atoms with E-state index in [-0.39, 0.29) is 5.91 Å². The van der Waals surface area contributed by atoms with Crippen LogP contribution in [-0.4, -0.2) is 60.6 Å². The summed E-state index contributed by atoms with van der Waals surface area (Å²) in [5.74, 6) is -0.0421. The van der Waals surface area contributed by atoms with Crippen LogP contribution in [0.2, 0.25) is 0 Å². The van der Waals surface area contributed by atoms with E-state index in [9.17, 15) is 18.0 Å². The van der Waals surface area contributed by atoms with Crippen molar-refractivity contribution in [1.29, 1.82) is 0 Å². The van der Waals surface area contributed by atoms with Gasteiger partial charge in [0.1, 0.15) is 0 Å². The Labute approximate surface area is 150 Å². The maximum atomic E-state index is 12.8. The molecule has 2 fully saturated rings. The average molecular weight is 371 g/mol. The highest BCUT2D eigenvalue weighted by Crippen LogP contribution is 2.30. The predicted octanol–water partition coefficient (Wildman–Crippen LogP) is 1.86. The molecule has 0 bridgehead atoms. The summed E-state index contributed by atoms with van der Waals surface area (Å²) in [7, 11) is 0. The van der Waals surface area contributed by atoms with Crippen LogP contribution in [0, 0.1) is 0 Å². The van der Waals surface area contributed by atoms with Crippen molar-refractivity contribution in [3.63, 3.8) is 0 Å². The minimum Gasteiger partial charge on any atom is -0.381 e. The van der Waals surface area contributed by atoms with Crippen molar-refractivity contribution in [2.24, 2.45) is 5.73 Å². The highest BCUT2D eigenvalue weighted by Gasteiger charge is 2.39. The Hall–Kier alpha value is -1.64. The number of carbonyl (C=O) groups excluding carboxylic acids is 1. The van der Waals surface area contributed by atoms with Crippen molar-refractivity contribution in [2.45, 2.75) is 31.1 Å². The molecule has 0 aliphatic carbocycles. The van der Waals surface area contributed by atoms with E-state index < -0.39 is 17.3 Å². The largest absolute Gasteiger partial charge is 0.416 e. The number of nitrogens with two attached hydrogens (primary N) is 1. The lowest BCUT2D eigenvalue weighted by molar-refractivity contribution is -0.142. The number of hydrogen-bond donors (Lipinski definition) is 1. The first-order valence-electron chi connectivity index (χ1n) is 8.82. The molecule has 0 saturated carbocycles. The zero-order valence-corrected chi connectivity index (χ0v) is 14.6. The minimum atomic E-state index is -4.33. The number of amides is 1. The SMILES string of the molecule is NC1(C(=O)N2CCN(Cc3cccc(C(F)(F)F)c3)CC2)CCOCC1. The van der Waals surface area contributed by atoms with Crippen molar-refractivity contribution in [2.75, 3.05) is 39.4 Å². The minimum absolute atomic E-state index is 0.0421. The molecule has 1 aromatic rings. The van der Waals surface area contributed by atoms with Crippen LogP contribution in [0.3, 0.4) is 0 Å². The Morgan fingerprint density at radius 1 is 1.15 bits per heavy atom. The number of alkyl halides is 3. The van der Waals surface area contributed by atoms with Gasteiger partial charge in [0.25, 0.3) is 0 Å². The first-order chi connectivity index (χ1) is 12.3. The second-order valence-electron chi connectivity index (χ2n) is 7.03. The van der Waals surface area contributed by atoms with Gasteiger partial charge in [-0.1, -0.05) is 18.2 Å². The topological polar surface area (TPSA) is 58.8 Å². The van der Waals surface area contributed by atoms with E-state index in [1.54, 1.807) is 11.0 Å². The Morgan fingerprint density at radius 2 is 1.81 bits per heavy atom. The van der Waals surface area contributed by atoms with E-state index in [0.29, 0.717) is 64.3 Å². The van der Waals surface area contributed by atoms with Crippen molar-refractivity contribution in [1.82, 2.24) is 9.80 Å². The van der Waals surface area contributed by atoms with Crippen molar-refractivity contribution in [3.05, 3.63) is 35.4 Å². The third-order valence-corrected chi connectivity index (χ3v) is 5.13. The fourth-order valence-corrected chi connectivity index (χ4v) is 3.48. The molecular weight excluding hydrogens is 347 g/mol. The summed E-state index contributed by atoms with van der Waals surface area (Å²) in [5.41, 5.74) is 5.41. The zero-order chi connectivity index (χ0) is 18.8. The molecule has 0 unspecified atom stereocenters. The normalized spacial score (nSPS) is 21.6. The van der Waals surface area contributed by atoms with Crippen LogP contribution in [0.5, 0.6) is 0 Å². The zero-order valence-electron chi connectivity index (χ0n) is 14.6. The molecule has 1 amide bonds. The van der Waals surface area contributed by atoms with Crippen LogP contribution in [0.15, 0.2) is 24.3 Å². The van der Waals surface area contributed by atoms with E-state index in [2.05, 4.69) is 4.90 Å². The number of benzene rings is 1. The highest BCUT2D eigenvalue weighted by molar-refractivity contribution is 5.86. The van der Waals surface area contributed by atoms with Crippen molar-refractivity contribution >= 4 is 5.91 Å². The molecule has 144 valence electrons. The number of piperazine rings is 1. The van der Waals surface area contributed by atoms with Gasteiger partial charge >= 0.3 is 6.18 Å². The van der Waals surface area contributed by atoms with Gasteiger partial charge in [0.05, 0.1) is 11.1 Å². The summed E-state index contributed by atoms with van der Waals surface area (Å²) in [6.45, 7) is 3.75. The van der Waals surface area contributed by atoms with E-state index in [1.807, 2.05) is 0 Å². The lowest BCUT2D eigenvalue weighted by Crippen LogP contribution is -2.61. The van der Waals surface area contributed by atoms with Gasteiger partial charge in [0.2, 0.25) is 5.91 Å². The molecule has 1 aromatic carbocycles. The summed E-state index contributed by atoms with van der Waals surface area (Å²) in [4.78, 5) is 16.5. The Morgan fingerprint density at radius 3 is 2.42 bits per heavy atom. The summed E-state index contributed by atoms with van der Waals surface area (Å²) in [5, 5.41) is 0. The number of nitrogens with zero attached hydrogens (tertiary/aromatic N) is 2. The monoisotopic (exact) mass is 371 g/mol. The third-order valence-electron chi connectivity index (χ3n) is 5.13. The Bertz CT molecular complexity index is 637. The maximum absolute atomic E-state index is 12.8. The molecule has 2 heterocycles. The molecule has 2 aliphatic rings. The van der Waals surface area contributed by atoms with Gasteiger partial charge in [0.15, 0.2) is 0 Å².